The molecule has 0 aromatic heterocycles. The van der Waals surface area contributed by atoms with Crippen LogP contribution in [-0.2, 0) is 34.2 Å². The predicted octanol–water partition coefficient (Wildman–Crippen LogP) is -1.44. The molecule has 0 aromatic carbocycles. The van der Waals surface area contributed by atoms with Crippen molar-refractivity contribution in [2.24, 2.45) is 0 Å². The Morgan fingerprint density at radius 1 is 0.923 bits per heavy atom. The third kappa shape index (κ3) is 11.7. The zero-order chi connectivity index (χ0) is 10.5. The van der Waals surface area contributed by atoms with Crippen molar-refractivity contribution in [1.82, 2.24) is 0 Å². The highest BCUT2D eigenvalue weighted by atomic mass is 32.3. The third-order valence-electron chi connectivity index (χ3n) is 0.533. The minimum atomic E-state index is -4.73. The third-order valence-corrected chi connectivity index (χ3v) is 1.27. The van der Waals surface area contributed by atoms with Gasteiger partial charge in [-0.05, 0) is 0 Å². The second kappa shape index (κ2) is 4.80. The minimum Gasteiger partial charge on any atom is -0.264 e. The fraction of sp³-hybridized carbons (Fsp3) is 1.00. The molecule has 0 radical (unpaired) electrons. The van der Waals surface area contributed by atoms with Crippen LogP contribution in [0.2, 0.25) is 0 Å². The van der Waals surface area contributed by atoms with Crippen LogP contribution in [-0.4, -0.2) is 39.2 Å². The van der Waals surface area contributed by atoms with Gasteiger partial charge in [0, 0.05) is 0 Å². The largest absolute Gasteiger partial charge is 0.424 e. The monoisotopic (exact) mass is 238 g/mol. The summed E-state index contributed by atoms with van der Waals surface area (Å²) in [5.74, 6) is 0. The van der Waals surface area contributed by atoms with Crippen LogP contribution in [0, 0.1) is 0 Å². The molecular weight excluding hydrogens is 232 g/mol. The Balaban J connectivity index is 3.50. The topological polar surface area (TPSA) is 136 Å². The van der Waals surface area contributed by atoms with Gasteiger partial charge in [-0.25, -0.2) is 9.07 Å². The molecule has 0 atom stereocenters. The van der Waals surface area contributed by atoms with Crippen molar-refractivity contribution < 1.29 is 39.3 Å². The molecule has 0 amide bonds. The molecule has 0 fully saturated rings. The summed E-state index contributed by atoms with van der Waals surface area (Å²) >= 11 is 0. The van der Waals surface area contributed by atoms with Gasteiger partial charge >= 0.3 is 20.8 Å². The van der Waals surface area contributed by atoms with E-state index in [2.05, 4.69) is 13.4 Å². The number of hydrogen-bond acceptors (Lipinski definition) is 7. The van der Waals surface area contributed by atoms with Crippen molar-refractivity contribution in [3.05, 3.63) is 0 Å². The molecular formula is C2H6O9S2. The maximum Gasteiger partial charge on any atom is 0.424 e. The summed E-state index contributed by atoms with van der Waals surface area (Å²) in [6.07, 6.45) is 0. The molecule has 0 aliphatic heterocycles. The van der Waals surface area contributed by atoms with Crippen molar-refractivity contribution in [3.63, 3.8) is 0 Å². The van der Waals surface area contributed by atoms with Crippen LogP contribution in [0.4, 0.5) is 0 Å². The lowest BCUT2D eigenvalue weighted by molar-refractivity contribution is -0.211. The van der Waals surface area contributed by atoms with Gasteiger partial charge in [0.25, 0.3) is 0 Å². The van der Waals surface area contributed by atoms with E-state index in [1.165, 1.54) is 0 Å². The van der Waals surface area contributed by atoms with E-state index in [1.807, 2.05) is 0 Å². The number of rotatable bonds is 6. The van der Waals surface area contributed by atoms with Gasteiger partial charge in [-0.15, -0.1) is 0 Å². The average Bonchev–Trinajstić information content (AvgIpc) is 1.81. The quantitative estimate of drug-likeness (QED) is 0.246. The van der Waals surface area contributed by atoms with Gasteiger partial charge in [0.2, 0.25) is 0 Å². The first-order chi connectivity index (χ1) is 5.71. The molecule has 0 aliphatic carbocycles. The predicted molar refractivity (Wildman–Crippen MR) is 36.1 cm³/mol. The van der Waals surface area contributed by atoms with Gasteiger partial charge in [-0.3, -0.25) is 9.11 Å². The number of hydrogen-bond donors (Lipinski definition) is 2. The summed E-state index contributed by atoms with van der Waals surface area (Å²) in [6, 6.07) is 0. The van der Waals surface area contributed by atoms with Crippen molar-refractivity contribution in [2.75, 3.05) is 13.2 Å². The van der Waals surface area contributed by atoms with Crippen molar-refractivity contribution >= 4 is 20.8 Å². The molecule has 11 heteroatoms. The van der Waals surface area contributed by atoms with Crippen LogP contribution in [0.1, 0.15) is 0 Å². The van der Waals surface area contributed by atoms with Crippen LogP contribution in [0.25, 0.3) is 0 Å². The molecule has 0 saturated carbocycles. The molecule has 0 rings (SSSR count). The fourth-order valence-corrected chi connectivity index (χ4v) is 0.736. The highest BCUT2D eigenvalue weighted by Crippen LogP contribution is 1.90. The van der Waals surface area contributed by atoms with Crippen LogP contribution in [0.3, 0.4) is 0 Å². The van der Waals surface area contributed by atoms with Crippen molar-refractivity contribution in [2.45, 2.75) is 0 Å². The molecule has 2 N–H and O–H groups in total. The summed E-state index contributed by atoms with van der Waals surface area (Å²) in [5, 5.41) is 0. The average molecular weight is 238 g/mol. The summed E-state index contributed by atoms with van der Waals surface area (Å²) in [7, 11) is -9.32. The maximum absolute atomic E-state index is 9.86. The maximum atomic E-state index is 9.86. The van der Waals surface area contributed by atoms with E-state index in [4.69, 9.17) is 9.11 Å². The zero-order valence-corrected chi connectivity index (χ0v) is 7.62. The minimum absolute atomic E-state index is 0.612. The van der Waals surface area contributed by atoms with Gasteiger partial charge < -0.3 is 0 Å². The Labute approximate surface area is 74.0 Å². The molecule has 9 nitrogen and oxygen atoms in total. The Hall–Kier alpha value is -0.300. The normalized spacial score (nSPS) is 13.1. The van der Waals surface area contributed by atoms with E-state index < -0.39 is 34.0 Å². The lowest BCUT2D eigenvalue weighted by Crippen LogP contribution is -2.12. The van der Waals surface area contributed by atoms with Gasteiger partial charge in [0.05, 0.1) is 6.61 Å². The second-order valence-electron chi connectivity index (χ2n) is 1.57. The first kappa shape index (κ1) is 12.7. The summed E-state index contributed by atoms with van der Waals surface area (Å²) in [6.45, 7) is -1.27. The van der Waals surface area contributed by atoms with Gasteiger partial charge in [0.1, 0.15) is 6.61 Å². The van der Waals surface area contributed by atoms with E-state index >= 15 is 0 Å². The Morgan fingerprint density at radius 3 is 1.85 bits per heavy atom. The molecule has 0 saturated heterocycles. The molecule has 13 heavy (non-hydrogen) atoms. The molecule has 0 heterocycles. The zero-order valence-electron chi connectivity index (χ0n) is 5.98. The van der Waals surface area contributed by atoms with Gasteiger partial charge in [0.15, 0.2) is 0 Å². The fourth-order valence-electron chi connectivity index (χ4n) is 0.268. The van der Waals surface area contributed by atoms with Crippen LogP contribution >= 0.6 is 0 Å². The first-order valence-electron chi connectivity index (χ1n) is 2.61. The van der Waals surface area contributed by atoms with Gasteiger partial charge in [-0.2, -0.15) is 16.8 Å². The molecule has 80 valence electrons. The molecule has 0 unspecified atom stereocenters. The molecule has 0 aromatic rings. The van der Waals surface area contributed by atoms with Gasteiger partial charge in [-0.1, -0.05) is 4.33 Å². The Morgan fingerprint density at radius 2 is 1.46 bits per heavy atom. The second-order valence-corrected chi connectivity index (χ2v) is 3.65. The molecule has 0 spiro atoms. The highest BCUT2D eigenvalue weighted by molar-refractivity contribution is 7.81. The van der Waals surface area contributed by atoms with Crippen LogP contribution in [0.15, 0.2) is 0 Å². The Kier molecular flexibility index (Phi) is 4.69. The summed E-state index contributed by atoms with van der Waals surface area (Å²) in [5.41, 5.74) is 0. The standard InChI is InChI=1S/C2H6O9S2/c3-12(4,5)10-2-1-9-11-13(6,7)8/h1-2H2,(H,3,4,5)(H,6,7,8). The van der Waals surface area contributed by atoms with E-state index in [0.29, 0.717) is 0 Å². The SMILES string of the molecule is O=S(=O)(O)OCCOOS(=O)(=O)O. The lowest BCUT2D eigenvalue weighted by Gasteiger charge is -1.99. The lowest BCUT2D eigenvalue weighted by atomic mass is 10.8. The van der Waals surface area contributed by atoms with Crippen LogP contribution < -0.4 is 0 Å². The highest BCUT2D eigenvalue weighted by Gasteiger charge is 2.07. The molecule has 0 aliphatic rings. The van der Waals surface area contributed by atoms with Crippen LogP contribution in [0.5, 0.6) is 0 Å². The summed E-state index contributed by atoms with van der Waals surface area (Å²) < 4.78 is 62.2. The van der Waals surface area contributed by atoms with Crippen molar-refractivity contribution in [3.8, 4) is 0 Å². The van der Waals surface area contributed by atoms with Crippen molar-refractivity contribution in [1.29, 1.82) is 0 Å². The van der Waals surface area contributed by atoms with E-state index in [1.54, 1.807) is 0 Å². The first-order valence-corrected chi connectivity index (χ1v) is 5.34. The smallest absolute Gasteiger partial charge is 0.264 e. The Bertz CT molecular complexity index is 289. The summed E-state index contributed by atoms with van der Waals surface area (Å²) in [4.78, 5) is 3.75. The van der Waals surface area contributed by atoms with E-state index in [9.17, 15) is 16.8 Å². The van der Waals surface area contributed by atoms with E-state index in [0.717, 1.165) is 0 Å². The van der Waals surface area contributed by atoms with E-state index in [-0.39, 0.29) is 0 Å². The molecule has 0 bridgehead atoms.